The van der Waals surface area contributed by atoms with Crippen LogP contribution in [0.15, 0.2) is 53.0 Å². The van der Waals surface area contributed by atoms with Gasteiger partial charge in [-0.15, -0.1) is 0 Å². The molecule has 2 aromatic rings. The Hall–Kier alpha value is -1.32. The summed E-state index contributed by atoms with van der Waals surface area (Å²) in [6, 6.07) is 15.5. The second kappa shape index (κ2) is 5.76. The Kier molecular flexibility index (Phi) is 4.27. The van der Waals surface area contributed by atoms with Gasteiger partial charge in [0.15, 0.2) is 0 Å². The zero-order valence-electron chi connectivity index (χ0n) is 11.1. The summed E-state index contributed by atoms with van der Waals surface area (Å²) in [4.78, 5) is 0. The molecule has 0 radical (unpaired) electrons. The molecule has 0 aliphatic heterocycles. The quantitative estimate of drug-likeness (QED) is 0.925. The average Bonchev–Trinajstić information content (AvgIpc) is 2.41. The average molecular weight is 321 g/mol. The highest BCUT2D eigenvalue weighted by molar-refractivity contribution is 9.10. The maximum absolute atomic E-state index is 10.6. The zero-order valence-corrected chi connectivity index (χ0v) is 12.6. The Morgan fingerprint density at radius 2 is 1.63 bits per heavy atom. The Labute approximate surface area is 122 Å². The maximum Gasteiger partial charge on any atom is 0.118 e. The van der Waals surface area contributed by atoms with Gasteiger partial charge in [-0.25, -0.2) is 0 Å². The summed E-state index contributed by atoms with van der Waals surface area (Å²) in [5, 5.41) is 10.6. The van der Waals surface area contributed by atoms with Gasteiger partial charge in [-0.3, -0.25) is 0 Å². The molecule has 19 heavy (non-hydrogen) atoms. The monoisotopic (exact) mass is 320 g/mol. The standard InChI is InChI=1S/C16H17BrO2/c1-16(18,11-12-3-7-14(17)8-4-12)13-5-9-15(19-2)10-6-13/h3-10,18H,11H2,1-2H3. The number of hydrogen-bond donors (Lipinski definition) is 1. The van der Waals surface area contributed by atoms with Gasteiger partial charge in [0.1, 0.15) is 5.75 Å². The number of rotatable bonds is 4. The predicted molar refractivity (Wildman–Crippen MR) is 80.4 cm³/mol. The van der Waals surface area contributed by atoms with E-state index in [9.17, 15) is 5.11 Å². The minimum atomic E-state index is -0.889. The van der Waals surface area contributed by atoms with E-state index in [-0.39, 0.29) is 0 Å². The predicted octanol–water partition coefficient (Wildman–Crippen LogP) is 3.91. The van der Waals surface area contributed by atoms with Crippen LogP contribution in [0.2, 0.25) is 0 Å². The summed E-state index contributed by atoms with van der Waals surface area (Å²) in [6.07, 6.45) is 0.576. The first-order valence-corrected chi connectivity index (χ1v) is 6.92. The molecule has 0 fully saturated rings. The molecule has 0 aliphatic carbocycles. The molecule has 1 unspecified atom stereocenters. The van der Waals surface area contributed by atoms with Crippen LogP contribution in [0.5, 0.6) is 5.75 Å². The highest BCUT2D eigenvalue weighted by atomic mass is 79.9. The van der Waals surface area contributed by atoms with Crippen molar-refractivity contribution in [3.05, 3.63) is 64.1 Å². The molecule has 0 bridgehead atoms. The SMILES string of the molecule is COc1ccc(C(C)(O)Cc2ccc(Br)cc2)cc1. The van der Waals surface area contributed by atoms with E-state index in [0.717, 1.165) is 21.3 Å². The minimum Gasteiger partial charge on any atom is -0.497 e. The van der Waals surface area contributed by atoms with Crippen molar-refractivity contribution in [1.82, 2.24) is 0 Å². The molecule has 2 nitrogen and oxygen atoms in total. The van der Waals surface area contributed by atoms with Crippen LogP contribution in [0.4, 0.5) is 0 Å². The Morgan fingerprint density at radius 1 is 1.05 bits per heavy atom. The van der Waals surface area contributed by atoms with Crippen LogP contribution in [0.25, 0.3) is 0 Å². The molecule has 0 spiro atoms. The van der Waals surface area contributed by atoms with Crippen LogP contribution in [0.1, 0.15) is 18.1 Å². The van der Waals surface area contributed by atoms with E-state index < -0.39 is 5.60 Å². The van der Waals surface area contributed by atoms with E-state index >= 15 is 0 Å². The second-order valence-electron chi connectivity index (χ2n) is 4.81. The van der Waals surface area contributed by atoms with Gasteiger partial charge in [0.2, 0.25) is 0 Å². The third-order valence-corrected chi connectivity index (χ3v) is 3.70. The lowest BCUT2D eigenvalue weighted by Crippen LogP contribution is -2.24. The molecule has 0 amide bonds. The van der Waals surface area contributed by atoms with Crippen LogP contribution >= 0.6 is 15.9 Å². The van der Waals surface area contributed by atoms with Crippen molar-refractivity contribution in [3.63, 3.8) is 0 Å². The normalized spacial score (nSPS) is 13.9. The third-order valence-electron chi connectivity index (χ3n) is 3.17. The smallest absolute Gasteiger partial charge is 0.118 e. The molecule has 3 heteroatoms. The van der Waals surface area contributed by atoms with Crippen molar-refractivity contribution in [3.8, 4) is 5.75 Å². The molecule has 0 aliphatic rings. The molecular weight excluding hydrogens is 304 g/mol. The van der Waals surface area contributed by atoms with Crippen molar-refractivity contribution in [2.45, 2.75) is 18.9 Å². The number of halogens is 1. The fraction of sp³-hybridized carbons (Fsp3) is 0.250. The lowest BCUT2D eigenvalue weighted by molar-refractivity contribution is 0.0576. The highest BCUT2D eigenvalue weighted by Gasteiger charge is 2.23. The van der Waals surface area contributed by atoms with Crippen molar-refractivity contribution < 1.29 is 9.84 Å². The van der Waals surface area contributed by atoms with E-state index in [0.29, 0.717) is 6.42 Å². The van der Waals surface area contributed by atoms with Gasteiger partial charge in [0.25, 0.3) is 0 Å². The van der Waals surface area contributed by atoms with Crippen LogP contribution in [0.3, 0.4) is 0 Å². The number of aliphatic hydroxyl groups is 1. The molecule has 1 atom stereocenters. The third kappa shape index (κ3) is 3.58. The van der Waals surface area contributed by atoms with Crippen LogP contribution in [0, 0.1) is 0 Å². The van der Waals surface area contributed by atoms with Gasteiger partial charge in [-0.2, -0.15) is 0 Å². The fourth-order valence-electron chi connectivity index (χ4n) is 2.05. The van der Waals surface area contributed by atoms with Crippen molar-refractivity contribution in [1.29, 1.82) is 0 Å². The van der Waals surface area contributed by atoms with E-state index in [1.165, 1.54) is 0 Å². The van der Waals surface area contributed by atoms with Gasteiger partial charge < -0.3 is 9.84 Å². The van der Waals surface area contributed by atoms with E-state index in [4.69, 9.17) is 4.74 Å². The van der Waals surface area contributed by atoms with E-state index in [2.05, 4.69) is 15.9 Å². The number of benzene rings is 2. The largest absolute Gasteiger partial charge is 0.497 e. The summed E-state index contributed by atoms with van der Waals surface area (Å²) >= 11 is 3.41. The van der Waals surface area contributed by atoms with Crippen LogP contribution < -0.4 is 4.74 Å². The number of methoxy groups -OCH3 is 1. The Morgan fingerprint density at radius 3 is 2.16 bits per heavy atom. The maximum atomic E-state index is 10.6. The summed E-state index contributed by atoms with van der Waals surface area (Å²) in [6.45, 7) is 1.83. The highest BCUT2D eigenvalue weighted by Crippen LogP contribution is 2.27. The topological polar surface area (TPSA) is 29.5 Å². The van der Waals surface area contributed by atoms with Crippen LogP contribution in [-0.4, -0.2) is 12.2 Å². The molecule has 1 N–H and O–H groups in total. The first-order valence-electron chi connectivity index (χ1n) is 6.12. The summed E-state index contributed by atoms with van der Waals surface area (Å²) in [7, 11) is 1.63. The second-order valence-corrected chi connectivity index (χ2v) is 5.72. The summed E-state index contributed by atoms with van der Waals surface area (Å²) in [5.41, 5.74) is 1.10. The molecule has 0 saturated heterocycles. The summed E-state index contributed by atoms with van der Waals surface area (Å²) in [5.74, 6) is 0.795. The van der Waals surface area contributed by atoms with Gasteiger partial charge in [0, 0.05) is 10.9 Å². The molecule has 2 aromatic carbocycles. The molecule has 2 rings (SSSR count). The van der Waals surface area contributed by atoms with Gasteiger partial charge in [-0.05, 0) is 42.3 Å². The fourth-order valence-corrected chi connectivity index (χ4v) is 2.32. The minimum absolute atomic E-state index is 0.576. The molecule has 0 heterocycles. The zero-order chi connectivity index (χ0) is 13.9. The lowest BCUT2D eigenvalue weighted by Gasteiger charge is -2.24. The van der Waals surface area contributed by atoms with Gasteiger partial charge in [-0.1, -0.05) is 40.2 Å². The first kappa shape index (κ1) is 14.1. The van der Waals surface area contributed by atoms with Crippen LogP contribution in [-0.2, 0) is 12.0 Å². The van der Waals surface area contributed by atoms with E-state index in [1.54, 1.807) is 7.11 Å². The van der Waals surface area contributed by atoms with Crippen molar-refractivity contribution in [2.24, 2.45) is 0 Å². The number of ether oxygens (including phenoxy) is 1. The van der Waals surface area contributed by atoms with Crippen molar-refractivity contribution in [2.75, 3.05) is 7.11 Å². The first-order chi connectivity index (χ1) is 9.01. The molecule has 0 saturated carbocycles. The molecule has 100 valence electrons. The van der Waals surface area contributed by atoms with E-state index in [1.807, 2.05) is 55.5 Å². The van der Waals surface area contributed by atoms with Gasteiger partial charge in [0.05, 0.1) is 12.7 Å². The number of hydrogen-bond acceptors (Lipinski definition) is 2. The lowest BCUT2D eigenvalue weighted by atomic mass is 9.89. The molecule has 0 aromatic heterocycles. The Bertz CT molecular complexity index is 530. The Balaban J connectivity index is 2.18. The summed E-state index contributed by atoms with van der Waals surface area (Å²) < 4.78 is 6.17. The van der Waals surface area contributed by atoms with Crippen molar-refractivity contribution >= 4 is 15.9 Å². The van der Waals surface area contributed by atoms with Gasteiger partial charge >= 0.3 is 0 Å². The molecular formula is C16H17BrO2.